The standard InChI is InChI=1S/C18H14O2/c19-16-7-3-6-15-14(16)9-8-12-10-11-4-1-2-5-13(11)18(20)17(12)15/h1-5,7-9,15,17H,6,10H2. The van der Waals surface area contributed by atoms with E-state index >= 15 is 0 Å². The molecule has 0 fully saturated rings. The Labute approximate surface area is 117 Å². The highest BCUT2D eigenvalue weighted by Gasteiger charge is 2.41. The fraction of sp³-hybridized carbons (Fsp3) is 0.222. The Hall–Kier alpha value is -2.22. The van der Waals surface area contributed by atoms with Gasteiger partial charge in [0.2, 0.25) is 0 Å². The first-order valence-corrected chi connectivity index (χ1v) is 6.99. The molecule has 0 spiro atoms. The summed E-state index contributed by atoms with van der Waals surface area (Å²) in [6.45, 7) is 0. The molecular weight excluding hydrogens is 248 g/mol. The maximum atomic E-state index is 12.8. The summed E-state index contributed by atoms with van der Waals surface area (Å²) >= 11 is 0. The van der Waals surface area contributed by atoms with Gasteiger partial charge in [-0.2, -0.15) is 0 Å². The predicted molar refractivity (Wildman–Crippen MR) is 76.4 cm³/mol. The van der Waals surface area contributed by atoms with Crippen LogP contribution in [0.25, 0.3) is 0 Å². The van der Waals surface area contributed by atoms with Crippen molar-refractivity contribution in [1.29, 1.82) is 0 Å². The van der Waals surface area contributed by atoms with Crippen molar-refractivity contribution < 1.29 is 9.59 Å². The fourth-order valence-electron chi connectivity index (χ4n) is 3.63. The van der Waals surface area contributed by atoms with Crippen LogP contribution in [0.3, 0.4) is 0 Å². The largest absolute Gasteiger partial charge is 0.293 e. The maximum absolute atomic E-state index is 12.8. The highest BCUT2D eigenvalue weighted by molar-refractivity contribution is 6.09. The molecular formula is C18H14O2. The van der Waals surface area contributed by atoms with Crippen molar-refractivity contribution in [2.24, 2.45) is 11.8 Å². The molecule has 3 aliphatic carbocycles. The molecule has 0 saturated heterocycles. The number of fused-ring (bicyclic) bond motifs is 4. The molecule has 0 bridgehead atoms. The SMILES string of the molecule is O=C1C=CCC2C1=CC=C1Cc3ccccc3C(=O)C12. The molecule has 4 rings (SSSR count). The van der Waals surface area contributed by atoms with E-state index in [1.807, 2.05) is 42.5 Å². The van der Waals surface area contributed by atoms with Gasteiger partial charge in [-0.15, -0.1) is 0 Å². The van der Waals surface area contributed by atoms with Crippen LogP contribution in [-0.2, 0) is 11.2 Å². The third kappa shape index (κ3) is 1.51. The van der Waals surface area contributed by atoms with E-state index in [1.165, 1.54) is 0 Å². The van der Waals surface area contributed by atoms with Crippen LogP contribution in [0.5, 0.6) is 0 Å². The summed E-state index contributed by atoms with van der Waals surface area (Å²) in [6.07, 6.45) is 9.05. The van der Waals surface area contributed by atoms with E-state index in [2.05, 4.69) is 0 Å². The second-order valence-electron chi connectivity index (χ2n) is 5.65. The lowest BCUT2D eigenvalue weighted by Crippen LogP contribution is -2.36. The second kappa shape index (κ2) is 4.14. The molecule has 0 amide bonds. The Bertz CT molecular complexity index is 719. The van der Waals surface area contributed by atoms with Crippen LogP contribution >= 0.6 is 0 Å². The summed E-state index contributed by atoms with van der Waals surface area (Å²) in [5.74, 6) is 0.132. The minimum atomic E-state index is -0.140. The molecule has 2 nitrogen and oxygen atoms in total. The number of hydrogen-bond donors (Lipinski definition) is 0. The Morgan fingerprint density at radius 2 is 1.90 bits per heavy atom. The maximum Gasteiger partial charge on any atom is 0.181 e. The summed E-state index contributed by atoms with van der Waals surface area (Å²) < 4.78 is 0. The van der Waals surface area contributed by atoms with Gasteiger partial charge in [-0.3, -0.25) is 9.59 Å². The van der Waals surface area contributed by atoms with Gasteiger partial charge in [0.1, 0.15) is 0 Å². The van der Waals surface area contributed by atoms with Crippen molar-refractivity contribution >= 4 is 11.6 Å². The van der Waals surface area contributed by atoms with E-state index < -0.39 is 0 Å². The summed E-state index contributed by atoms with van der Waals surface area (Å²) in [6, 6.07) is 7.82. The zero-order chi connectivity index (χ0) is 13.7. The normalized spacial score (nSPS) is 27.2. The van der Waals surface area contributed by atoms with Crippen LogP contribution in [0.2, 0.25) is 0 Å². The van der Waals surface area contributed by atoms with Gasteiger partial charge in [0.05, 0.1) is 5.92 Å². The van der Waals surface area contributed by atoms with Crippen molar-refractivity contribution in [1.82, 2.24) is 0 Å². The van der Waals surface area contributed by atoms with E-state index in [-0.39, 0.29) is 23.4 Å². The van der Waals surface area contributed by atoms with Gasteiger partial charge >= 0.3 is 0 Å². The highest BCUT2D eigenvalue weighted by atomic mass is 16.1. The van der Waals surface area contributed by atoms with Crippen molar-refractivity contribution in [3.8, 4) is 0 Å². The van der Waals surface area contributed by atoms with Crippen LogP contribution in [0.4, 0.5) is 0 Å². The van der Waals surface area contributed by atoms with Crippen LogP contribution in [0.1, 0.15) is 22.3 Å². The molecule has 0 aliphatic heterocycles. The van der Waals surface area contributed by atoms with Gasteiger partial charge in [-0.05, 0) is 24.5 Å². The third-order valence-corrected chi connectivity index (χ3v) is 4.58. The molecule has 3 aliphatic rings. The van der Waals surface area contributed by atoms with E-state index in [1.54, 1.807) is 6.08 Å². The first kappa shape index (κ1) is 11.6. The van der Waals surface area contributed by atoms with Gasteiger partial charge in [0.25, 0.3) is 0 Å². The molecule has 98 valence electrons. The molecule has 0 N–H and O–H groups in total. The lowest BCUT2D eigenvalue weighted by atomic mass is 9.65. The molecule has 2 unspecified atom stereocenters. The van der Waals surface area contributed by atoms with Crippen molar-refractivity contribution in [3.63, 3.8) is 0 Å². The quantitative estimate of drug-likeness (QED) is 0.720. The molecule has 0 aromatic heterocycles. The first-order valence-electron chi connectivity index (χ1n) is 6.99. The average molecular weight is 262 g/mol. The summed E-state index contributed by atoms with van der Waals surface area (Å²) in [5, 5.41) is 0. The number of hydrogen-bond acceptors (Lipinski definition) is 2. The molecule has 0 radical (unpaired) electrons. The van der Waals surface area contributed by atoms with Gasteiger partial charge in [-0.1, -0.05) is 48.1 Å². The third-order valence-electron chi connectivity index (χ3n) is 4.58. The van der Waals surface area contributed by atoms with Crippen molar-refractivity contribution in [2.75, 3.05) is 0 Å². The van der Waals surface area contributed by atoms with Crippen LogP contribution in [0.15, 0.2) is 59.7 Å². The Balaban J connectivity index is 1.85. The molecule has 0 saturated carbocycles. The topological polar surface area (TPSA) is 34.1 Å². The average Bonchev–Trinajstić information content (AvgIpc) is 2.47. The number of Topliss-reactive ketones (excluding diaryl/α,β-unsaturated/α-hetero) is 1. The van der Waals surface area contributed by atoms with Gasteiger partial charge < -0.3 is 0 Å². The minimum Gasteiger partial charge on any atom is -0.293 e. The number of carbonyl (C=O) groups excluding carboxylic acids is 2. The van der Waals surface area contributed by atoms with Gasteiger partial charge in [0.15, 0.2) is 11.6 Å². The number of benzene rings is 1. The highest BCUT2D eigenvalue weighted by Crippen LogP contribution is 2.43. The molecule has 1 aromatic carbocycles. The number of ketones is 2. The summed E-state index contributed by atoms with van der Waals surface area (Å²) in [4.78, 5) is 24.8. The monoisotopic (exact) mass is 262 g/mol. The Kier molecular flexibility index (Phi) is 2.40. The van der Waals surface area contributed by atoms with Crippen molar-refractivity contribution in [2.45, 2.75) is 12.8 Å². The number of allylic oxidation sites excluding steroid dienone is 6. The van der Waals surface area contributed by atoms with Gasteiger partial charge in [0, 0.05) is 17.1 Å². The predicted octanol–water partition coefficient (Wildman–Crippen LogP) is 3.05. The van der Waals surface area contributed by atoms with Crippen molar-refractivity contribution in [3.05, 3.63) is 70.8 Å². The van der Waals surface area contributed by atoms with Crippen LogP contribution in [0, 0.1) is 11.8 Å². The summed E-state index contributed by atoms with van der Waals surface area (Å²) in [7, 11) is 0. The lowest BCUT2D eigenvalue weighted by Gasteiger charge is -2.36. The fourth-order valence-corrected chi connectivity index (χ4v) is 3.63. The Morgan fingerprint density at radius 1 is 1.05 bits per heavy atom. The zero-order valence-corrected chi connectivity index (χ0v) is 11.0. The number of carbonyl (C=O) groups is 2. The molecule has 2 atom stereocenters. The minimum absolute atomic E-state index is 0.0355. The first-order chi connectivity index (χ1) is 9.75. The van der Waals surface area contributed by atoms with E-state index in [0.717, 1.165) is 35.1 Å². The van der Waals surface area contributed by atoms with E-state index in [4.69, 9.17) is 0 Å². The van der Waals surface area contributed by atoms with E-state index in [9.17, 15) is 9.59 Å². The number of rotatable bonds is 0. The lowest BCUT2D eigenvalue weighted by molar-refractivity contribution is -0.112. The molecule has 1 aromatic rings. The Morgan fingerprint density at radius 3 is 2.80 bits per heavy atom. The van der Waals surface area contributed by atoms with E-state index in [0.29, 0.717) is 0 Å². The zero-order valence-electron chi connectivity index (χ0n) is 11.0. The molecule has 20 heavy (non-hydrogen) atoms. The van der Waals surface area contributed by atoms with Gasteiger partial charge in [-0.25, -0.2) is 0 Å². The second-order valence-corrected chi connectivity index (χ2v) is 5.65. The molecule has 2 heteroatoms. The molecule has 0 heterocycles. The summed E-state index contributed by atoms with van der Waals surface area (Å²) in [5.41, 5.74) is 3.90. The smallest absolute Gasteiger partial charge is 0.181 e. The van der Waals surface area contributed by atoms with Crippen LogP contribution < -0.4 is 0 Å². The van der Waals surface area contributed by atoms with Crippen LogP contribution in [-0.4, -0.2) is 11.6 Å².